The molecule has 0 aliphatic heterocycles. The van der Waals surface area contributed by atoms with Gasteiger partial charge in [0, 0.05) is 24.9 Å². The van der Waals surface area contributed by atoms with Gasteiger partial charge >= 0.3 is 0 Å². The van der Waals surface area contributed by atoms with E-state index in [2.05, 4.69) is 15.3 Å². The van der Waals surface area contributed by atoms with Gasteiger partial charge in [-0.1, -0.05) is 0 Å². The van der Waals surface area contributed by atoms with Gasteiger partial charge in [0.05, 0.1) is 5.69 Å². The van der Waals surface area contributed by atoms with E-state index in [1.54, 1.807) is 28.8 Å². The Morgan fingerprint density at radius 3 is 2.67 bits per heavy atom. The van der Waals surface area contributed by atoms with Crippen LogP contribution < -0.4 is 10.9 Å². The van der Waals surface area contributed by atoms with Crippen molar-refractivity contribution in [2.24, 2.45) is 4.99 Å². The van der Waals surface area contributed by atoms with E-state index in [0.29, 0.717) is 11.4 Å². The van der Waals surface area contributed by atoms with E-state index in [-0.39, 0.29) is 28.2 Å². The smallest absolute Gasteiger partial charge is 0.264 e. The first kappa shape index (κ1) is 16.1. The topological polar surface area (TPSA) is 99.5 Å². The second kappa shape index (κ2) is 6.40. The number of hydrogen-bond donors (Lipinski definition) is 3. The van der Waals surface area contributed by atoms with Crippen molar-refractivity contribution in [3.63, 3.8) is 0 Å². The van der Waals surface area contributed by atoms with Crippen molar-refractivity contribution in [2.75, 3.05) is 5.32 Å². The number of carbonyl (C=O) groups excluding carboxylic acids is 1. The number of rotatable bonds is 4. The van der Waals surface area contributed by atoms with Gasteiger partial charge in [0.1, 0.15) is 5.56 Å². The van der Waals surface area contributed by atoms with Gasteiger partial charge in [0.25, 0.3) is 5.56 Å². The van der Waals surface area contributed by atoms with Gasteiger partial charge < -0.3 is 10.4 Å². The monoisotopic (exact) mass is 344 g/mol. The number of hydrogen-bond acceptors (Lipinski definition) is 5. The van der Waals surface area contributed by atoms with Gasteiger partial charge in [-0.25, -0.2) is 0 Å². The van der Waals surface area contributed by atoms with Crippen LogP contribution in [0, 0.1) is 4.77 Å². The number of carbonyl (C=O) groups is 1. The van der Waals surface area contributed by atoms with Gasteiger partial charge in [-0.05, 0) is 49.3 Å². The Morgan fingerprint density at radius 1 is 1.42 bits per heavy atom. The molecule has 0 atom stereocenters. The summed E-state index contributed by atoms with van der Waals surface area (Å²) in [5.41, 5.74) is 0.835. The van der Waals surface area contributed by atoms with Crippen LogP contribution in [0.5, 0.6) is 5.88 Å². The molecule has 1 aromatic heterocycles. The SMILES string of the molecule is CC(=O)Nc1ccc(N=Cc2c(O)n(C3CC3)c(=S)[nH]c2=O)cc1. The third kappa shape index (κ3) is 3.43. The van der Waals surface area contributed by atoms with E-state index in [1.165, 1.54) is 13.1 Å². The van der Waals surface area contributed by atoms with Crippen LogP contribution >= 0.6 is 12.2 Å². The summed E-state index contributed by atoms with van der Waals surface area (Å²) < 4.78 is 1.77. The molecule has 3 rings (SSSR count). The van der Waals surface area contributed by atoms with Crippen LogP contribution in [0.15, 0.2) is 34.1 Å². The molecule has 1 fully saturated rings. The molecule has 1 aliphatic carbocycles. The first-order chi connectivity index (χ1) is 11.5. The zero-order valence-corrected chi connectivity index (χ0v) is 13.8. The highest BCUT2D eigenvalue weighted by atomic mass is 32.1. The molecule has 1 saturated carbocycles. The van der Waals surface area contributed by atoms with Crippen LogP contribution in [0.25, 0.3) is 0 Å². The first-order valence-electron chi connectivity index (χ1n) is 7.45. The lowest BCUT2D eigenvalue weighted by Gasteiger charge is -2.09. The maximum absolute atomic E-state index is 12.0. The number of aromatic amines is 1. The maximum atomic E-state index is 12.0. The Balaban J connectivity index is 1.89. The molecule has 124 valence electrons. The minimum Gasteiger partial charge on any atom is -0.494 e. The summed E-state index contributed by atoms with van der Waals surface area (Å²) in [7, 11) is 0. The number of amides is 1. The van der Waals surface area contributed by atoms with Crippen LogP contribution in [0.2, 0.25) is 0 Å². The maximum Gasteiger partial charge on any atom is 0.264 e. The van der Waals surface area contributed by atoms with Gasteiger partial charge in [0.15, 0.2) is 4.77 Å². The van der Waals surface area contributed by atoms with E-state index < -0.39 is 5.56 Å². The quantitative estimate of drug-likeness (QED) is 0.586. The number of anilines is 1. The second-order valence-electron chi connectivity index (χ2n) is 5.58. The molecule has 0 spiro atoms. The molecule has 1 amide bonds. The van der Waals surface area contributed by atoms with Gasteiger partial charge in [0.2, 0.25) is 11.8 Å². The predicted molar refractivity (Wildman–Crippen MR) is 93.8 cm³/mol. The van der Waals surface area contributed by atoms with Crippen molar-refractivity contribution in [3.8, 4) is 5.88 Å². The number of benzene rings is 1. The molecule has 0 unspecified atom stereocenters. The lowest BCUT2D eigenvalue weighted by Crippen LogP contribution is -2.18. The Bertz CT molecular complexity index is 924. The molecule has 0 bridgehead atoms. The van der Waals surface area contributed by atoms with E-state index in [0.717, 1.165) is 12.8 Å². The van der Waals surface area contributed by atoms with Crippen LogP contribution in [0.1, 0.15) is 31.4 Å². The zero-order chi connectivity index (χ0) is 17.3. The fraction of sp³-hybridized carbons (Fsp3) is 0.250. The van der Waals surface area contributed by atoms with E-state index in [1.807, 2.05) is 0 Å². The van der Waals surface area contributed by atoms with E-state index >= 15 is 0 Å². The summed E-state index contributed by atoms with van der Waals surface area (Å²) in [5.74, 6) is -0.318. The predicted octanol–water partition coefficient (Wildman–Crippen LogP) is 2.66. The molecule has 1 aromatic carbocycles. The summed E-state index contributed by atoms with van der Waals surface area (Å²) in [6, 6.07) is 6.94. The van der Waals surface area contributed by atoms with E-state index in [4.69, 9.17) is 12.2 Å². The Morgan fingerprint density at radius 2 is 2.08 bits per heavy atom. The number of H-pyrrole nitrogens is 1. The summed E-state index contributed by atoms with van der Waals surface area (Å²) >= 11 is 5.10. The highest BCUT2D eigenvalue weighted by Gasteiger charge is 2.27. The normalized spacial score (nSPS) is 14.0. The highest BCUT2D eigenvalue weighted by Crippen LogP contribution is 2.37. The summed E-state index contributed by atoms with van der Waals surface area (Å²) in [6.45, 7) is 1.43. The number of nitrogens with zero attached hydrogens (tertiary/aromatic N) is 2. The fourth-order valence-electron chi connectivity index (χ4n) is 2.31. The number of aromatic nitrogens is 2. The third-order valence-electron chi connectivity index (χ3n) is 3.60. The Kier molecular flexibility index (Phi) is 4.30. The molecular weight excluding hydrogens is 328 g/mol. The average molecular weight is 344 g/mol. The largest absolute Gasteiger partial charge is 0.494 e. The van der Waals surface area contributed by atoms with Crippen molar-refractivity contribution in [1.82, 2.24) is 9.55 Å². The Hall–Kier alpha value is -2.74. The van der Waals surface area contributed by atoms with Crippen LogP contribution in [0.3, 0.4) is 0 Å². The third-order valence-corrected chi connectivity index (χ3v) is 3.89. The fourth-order valence-corrected chi connectivity index (χ4v) is 2.64. The van der Waals surface area contributed by atoms with Gasteiger partial charge in [-0.15, -0.1) is 0 Å². The summed E-state index contributed by atoms with van der Waals surface area (Å²) in [5, 5.41) is 13.0. The lowest BCUT2D eigenvalue weighted by atomic mass is 10.2. The highest BCUT2D eigenvalue weighted by molar-refractivity contribution is 7.71. The second-order valence-corrected chi connectivity index (χ2v) is 5.97. The van der Waals surface area contributed by atoms with Crippen molar-refractivity contribution in [2.45, 2.75) is 25.8 Å². The Labute approximate surface area is 142 Å². The number of aliphatic imine (C=N–C) groups is 1. The molecule has 3 N–H and O–H groups in total. The van der Waals surface area contributed by atoms with Crippen LogP contribution in [-0.2, 0) is 4.79 Å². The lowest BCUT2D eigenvalue weighted by molar-refractivity contribution is -0.114. The minimum absolute atomic E-state index is 0.0708. The van der Waals surface area contributed by atoms with Crippen LogP contribution in [-0.4, -0.2) is 26.8 Å². The van der Waals surface area contributed by atoms with E-state index in [9.17, 15) is 14.7 Å². The molecule has 0 radical (unpaired) electrons. The first-order valence-corrected chi connectivity index (χ1v) is 7.86. The molecule has 24 heavy (non-hydrogen) atoms. The van der Waals surface area contributed by atoms with Crippen molar-refractivity contribution >= 4 is 35.7 Å². The van der Waals surface area contributed by atoms with Crippen molar-refractivity contribution < 1.29 is 9.90 Å². The van der Waals surface area contributed by atoms with Gasteiger partial charge in [-0.3, -0.25) is 24.1 Å². The molecule has 8 heteroatoms. The molecule has 2 aromatic rings. The summed E-state index contributed by atoms with van der Waals surface area (Å²) in [4.78, 5) is 29.8. The summed E-state index contributed by atoms with van der Waals surface area (Å²) in [6.07, 6.45) is 3.17. The molecule has 0 saturated heterocycles. The molecular formula is C16H16N4O3S. The van der Waals surface area contributed by atoms with Crippen LogP contribution in [0.4, 0.5) is 11.4 Å². The number of aromatic hydroxyl groups is 1. The van der Waals surface area contributed by atoms with Crippen molar-refractivity contribution in [1.29, 1.82) is 0 Å². The zero-order valence-electron chi connectivity index (χ0n) is 12.9. The minimum atomic E-state index is -0.479. The van der Waals surface area contributed by atoms with Gasteiger partial charge in [-0.2, -0.15) is 0 Å². The molecule has 7 nitrogen and oxygen atoms in total. The van der Waals surface area contributed by atoms with Crippen molar-refractivity contribution in [3.05, 3.63) is 45.0 Å². The standard InChI is InChI=1S/C16H16N4O3S/c1-9(21)18-11-4-2-10(3-5-11)17-8-13-14(22)19-16(24)20(15(13)23)12-6-7-12/h2-5,8,12,23H,6-7H2,1H3,(H,18,21)(H,19,22,24). The molecule has 1 aliphatic rings. The molecule has 1 heterocycles. The average Bonchev–Trinajstić information content (AvgIpc) is 3.32. The number of nitrogens with one attached hydrogen (secondary N) is 2.